The Labute approximate surface area is 185 Å². The molecule has 32 heavy (non-hydrogen) atoms. The molecule has 0 aliphatic carbocycles. The third-order valence-corrected chi connectivity index (χ3v) is 5.39. The molecular formula is C22H25FN6O3. The fraction of sp³-hybridized carbons (Fsp3) is 0.364. The van der Waals surface area contributed by atoms with Gasteiger partial charge in [-0.25, -0.2) is 14.2 Å². The molecule has 0 bridgehead atoms. The number of aromatic nitrogens is 1. The maximum atomic E-state index is 14.9. The molecule has 1 aromatic heterocycles. The number of nitrogens with one attached hydrogen (secondary N) is 1. The lowest BCUT2D eigenvalue weighted by atomic mass is 10.1. The quantitative estimate of drug-likeness (QED) is 0.742. The van der Waals surface area contributed by atoms with Gasteiger partial charge in [-0.15, -0.1) is 0 Å². The minimum absolute atomic E-state index is 0.204. The smallest absolute Gasteiger partial charge is 0.414 e. The summed E-state index contributed by atoms with van der Waals surface area (Å²) in [5, 5.41) is 8.94. The number of carbonyl (C=O) groups excluding carboxylic acids is 2. The van der Waals surface area contributed by atoms with Crippen molar-refractivity contribution in [2.24, 2.45) is 5.10 Å². The first-order chi connectivity index (χ1) is 15.4. The fourth-order valence-electron chi connectivity index (χ4n) is 3.61. The Kier molecular flexibility index (Phi) is 6.20. The number of hydrogen-bond donors (Lipinski definition) is 1. The van der Waals surface area contributed by atoms with Crippen LogP contribution in [0.25, 0.3) is 11.1 Å². The monoisotopic (exact) mass is 440 g/mol. The van der Waals surface area contributed by atoms with E-state index in [4.69, 9.17) is 4.74 Å². The molecule has 0 radical (unpaired) electrons. The molecule has 1 N–H and O–H groups in total. The van der Waals surface area contributed by atoms with Crippen molar-refractivity contribution in [2.75, 3.05) is 42.5 Å². The number of benzene rings is 1. The lowest BCUT2D eigenvalue weighted by Crippen LogP contribution is -2.38. The third-order valence-electron chi connectivity index (χ3n) is 5.39. The minimum Gasteiger partial charge on any atom is -0.442 e. The standard InChI is InChI=1S/C22H25FN6O3/c1-3-28-9-8-27(14-26-28)21-7-4-16(11-25-21)19-6-5-17(10-20(19)23)29-13-18(32-22(29)31)12-24-15(2)30/h4-7,10-11,14,18H,3,8-9,12-13H2,1-2H3,(H,24,30). The van der Waals surface area contributed by atoms with E-state index in [-0.39, 0.29) is 19.0 Å². The maximum absolute atomic E-state index is 14.9. The number of carbonyl (C=O) groups is 2. The summed E-state index contributed by atoms with van der Waals surface area (Å²) in [6, 6.07) is 8.25. The first-order valence-corrected chi connectivity index (χ1v) is 10.5. The molecule has 1 fully saturated rings. The molecule has 1 aromatic carbocycles. The highest BCUT2D eigenvalue weighted by Gasteiger charge is 2.32. The average molecular weight is 440 g/mol. The number of amides is 2. The van der Waals surface area contributed by atoms with Gasteiger partial charge in [0.15, 0.2) is 0 Å². The van der Waals surface area contributed by atoms with Crippen LogP contribution >= 0.6 is 0 Å². The van der Waals surface area contributed by atoms with E-state index in [9.17, 15) is 14.0 Å². The van der Waals surface area contributed by atoms with Crippen LogP contribution in [0.15, 0.2) is 41.6 Å². The summed E-state index contributed by atoms with van der Waals surface area (Å²) in [6.07, 6.45) is 2.33. The number of hydrogen-bond acceptors (Lipinski definition) is 7. The molecule has 2 aromatic rings. The van der Waals surface area contributed by atoms with Crippen LogP contribution in [0.1, 0.15) is 13.8 Å². The number of anilines is 2. The Morgan fingerprint density at radius 1 is 1.28 bits per heavy atom. The number of halogens is 1. The van der Waals surface area contributed by atoms with E-state index in [2.05, 4.69) is 22.3 Å². The molecule has 2 aliphatic rings. The largest absolute Gasteiger partial charge is 0.442 e. The van der Waals surface area contributed by atoms with Gasteiger partial charge in [0.25, 0.3) is 0 Å². The van der Waals surface area contributed by atoms with E-state index in [1.165, 1.54) is 17.9 Å². The minimum atomic E-state index is -0.566. The van der Waals surface area contributed by atoms with Crippen molar-refractivity contribution in [3.05, 3.63) is 42.3 Å². The van der Waals surface area contributed by atoms with Gasteiger partial charge in [-0.05, 0) is 37.3 Å². The SMILES string of the molecule is CCN1CCN(c2ccc(-c3ccc(N4CC(CNC(C)=O)OC4=O)cc3F)cn2)C=N1. The zero-order valence-corrected chi connectivity index (χ0v) is 18.0. The number of pyridine rings is 1. The second-order valence-electron chi connectivity index (χ2n) is 7.59. The first kappa shape index (κ1) is 21.5. The van der Waals surface area contributed by atoms with Crippen molar-refractivity contribution in [3.8, 4) is 11.1 Å². The highest BCUT2D eigenvalue weighted by molar-refractivity contribution is 5.90. The molecule has 168 valence electrons. The second kappa shape index (κ2) is 9.21. The fourth-order valence-corrected chi connectivity index (χ4v) is 3.61. The number of cyclic esters (lactones) is 1. The molecule has 0 saturated carbocycles. The van der Waals surface area contributed by atoms with Crippen LogP contribution in [0, 0.1) is 5.82 Å². The number of hydrazone groups is 1. The van der Waals surface area contributed by atoms with E-state index < -0.39 is 18.0 Å². The molecule has 10 heteroatoms. The van der Waals surface area contributed by atoms with Crippen LogP contribution in [0.2, 0.25) is 0 Å². The molecule has 1 saturated heterocycles. The average Bonchev–Trinajstić information content (AvgIpc) is 3.18. The van der Waals surface area contributed by atoms with E-state index >= 15 is 0 Å². The lowest BCUT2D eigenvalue weighted by Gasteiger charge is -2.28. The maximum Gasteiger partial charge on any atom is 0.414 e. The van der Waals surface area contributed by atoms with E-state index in [1.807, 2.05) is 22.0 Å². The Bertz CT molecular complexity index is 1030. The summed E-state index contributed by atoms with van der Waals surface area (Å²) >= 11 is 0. The molecular weight excluding hydrogens is 415 g/mol. The number of likely N-dealkylation sites (N-methyl/N-ethyl adjacent to an activating group) is 1. The number of rotatable bonds is 6. The third kappa shape index (κ3) is 4.63. The van der Waals surface area contributed by atoms with Gasteiger partial charge < -0.3 is 15.0 Å². The number of ether oxygens (including phenoxy) is 1. The van der Waals surface area contributed by atoms with Crippen LogP contribution in [-0.4, -0.2) is 67.2 Å². The van der Waals surface area contributed by atoms with Crippen molar-refractivity contribution < 1.29 is 18.7 Å². The van der Waals surface area contributed by atoms with E-state index in [1.54, 1.807) is 24.7 Å². The highest BCUT2D eigenvalue weighted by Crippen LogP contribution is 2.29. The highest BCUT2D eigenvalue weighted by atomic mass is 19.1. The van der Waals surface area contributed by atoms with Crippen molar-refractivity contribution in [1.29, 1.82) is 0 Å². The van der Waals surface area contributed by atoms with Gasteiger partial charge in [-0.2, -0.15) is 5.10 Å². The van der Waals surface area contributed by atoms with Gasteiger partial charge in [0.2, 0.25) is 5.91 Å². The van der Waals surface area contributed by atoms with Crippen molar-refractivity contribution in [1.82, 2.24) is 15.3 Å². The zero-order chi connectivity index (χ0) is 22.7. The summed E-state index contributed by atoms with van der Waals surface area (Å²) in [7, 11) is 0. The molecule has 1 unspecified atom stereocenters. The van der Waals surface area contributed by atoms with Crippen molar-refractivity contribution >= 4 is 29.8 Å². The summed E-state index contributed by atoms with van der Waals surface area (Å²) in [5.74, 6) is 0.0774. The summed E-state index contributed by atoms with van der Waals surface area (Å²) in [4.78, 5) is 31.0. The Hall–Kier alpha value is -3.69. The summed E-state index contributed by atoms with van der Waals surface area (Å²) in [6.45, 7) is 6.35. The molecule has 0 spiro atoms. The molecule has 2 amide bonds. The van der Waals surface area contributed by atoms with E-state index in [0.717, 1.165) is 25.5 Å². The van der Waals surface area contributed by atoms with Gasteiger partial charge in [-0.1, -0.05) is 0 Å². The van der Waals surface area contributed by atoms with Crippen LogP contribution in [0.5, 0.6) is 0 Å². The summed E-state index contributed by atoms with van der Waals surface area (Å²) < 4.78 is 20.1. The Morgan fingerprint density at radius 2 is 2.12 bits per heavy atom. The topological polar surface area (TPSA) is 90.4 Å². The van der Waals surface area contributed by atoms with Crippen LogP contribution in [-0.2, 0) is 9.53 Å². The van der Waals surface area contributed by atoms with Gasteiger partial charge in [-0.3, -0.25) is 14.7 Å². The van der Waals surface area contributed by atoms with Crippen LogP contribution in [0.3, 0.4) is 0 Å². The summed E-state index contributed by atoms with van der Waals surface area (Å²) in [5.41, 5.74) is 1.42. The van der Waals surface area contributed by atoms with Gasteiger partial charge in [0.1, 0.15) is 24.1 Å². The van der Waals surface area contributed by atoms with Gasteiger partial charge >= 0.3 is 6.09 Å². The second-order valence-corrected chi connectivity index (χ2v) is 7.59. The van der Waals surface area contributed by atoms with Gasteiger partial charge in [0, 0.05) is 37.3 Å². The van der Waals surface area contributed by atoms with E-state index in [0.29, 0.717) is 16.8 Å². The first-order valence-electron chi connectivity index (χ1n) is 10.5. The normalized spacial score (nSPS) is 18.2. The van der Waals surface area contributed by atoms with Crippen molar-refractivity contribution in [3.63, 3.8) is 0 Å². The predicted molar refractivity (Wildman–Crippen MR) is 119 cm³/mol. The Balaban J connectivity index is 1.46. The molecule has 3 heterocycles. The molecule has 4 rings (SSSR count). The predicted octanol–water partition coefficient (Wildman–Crippen LogP) is 2.43. The molecule has 2 aliphatic heterocycles. The zero-order valence-electron chi connectivity index (χ0n) is 18.0. The lowest BCUT2D eigenvalue weighted by molar-refractivity contribution is -0.119. The molecule has 1 atom stereocenters. The van der Waals surface area contributed by atoms with Crippen LogP contribution < -0.4 is 15.1 Å². The van der Waals surface area contributed by atoms with Gasteiger partial charge in [0.05, 0.1) is 25.3 Å². The van der Waals surface area contributed by atoms with Crippen LogP contribution in [0.4, 0.5) is 20.7 Å². The molecule has 9 nitrogen and oxygen atoms in total. The van der Waals surface area contributed by atoms with Crippen molar-refractivity contribution in [2.45, 2.75) is 20.0 Å². The Morgan fingerprint density at radius 3 is 2.75 bits per heavy atom. The number of nitrogens with zero attached hydrogens (tertiary/aromatic N) is 5.